The number of ether oxygens (including phenoxy) is 1. The molecular formula is C58H52N4OPt. The van der Waals surface area contributed by atoms with E-state index in [2.05, 4.69) is 239 Å². The zero-order chi connectivity index (χ0) is 44.1. The Morgan fingerprint density at radius 2 is 1.17 bits per heavy atom. The molecule has 9 aromatic rings. The van der Waals surface area contributed by atoms with Gasteiger partial charge in [-0.3, -0.25) is 0 Å². The molecule has 0 fully saturated rings. The van der Waals surface area contributed by atoms with Crippen molar-refractivity contribution in [3.63, 3.8) is 0 Å². The molecular weight excluding hydrogens is 964 g/mol. The summed E-state index contributed by atoms with van der Waals surface area (Å²) in [5.74, 6) is 2.53. The van der Waals surface area contributed by atoms with E-state index in [1.54, 1.807) is 0 Å². The van der Waals surface area contributed by atoms with Gasteiger partial charge < -0.3 is 0 Å². The molecule has 0 aliphatic carbocycles. The summed E-state index contributed by atoms with van der Waals surface area (Å²) in [6.07, 6.45) is 3.99. The van der Waals surface area contributed by atoms with Crippen molar-refractivity contribution in [2.45, 2.75) is 59.8 Å². The molecule has 6 heteroatoms. The first-order valence-electron chi connectivity index (χ1n) is 22.2. The number of nitrogens with zero attached hydrogens (tertiary/aromatic N) is 4. The third-order valence-corrected chi connectivity index (χ3v) is 14.0. The van der Waals surface area contributed by atoms with Crippen molar-refractivity contribution in [2.75, 3.05) is 11.4 Å². The molecule has 0 saturated carbocycles. The number of aromatic nitrogens is 3. The molecule has 0 amide bonds. The zero-order valence-corrected chi connectivity index (χ0v) is 39.6. The molecule has 0 N–H and O–H groups in total. The standard InChI is InChI=1S/C58H52N4O.Pt/c1-39-40(2)55(43-22-12-8-13-23-43)57(56(41(39)3)44-24-14-9-15-25-44)62-38-61(51-29-16-17-30-52(51)62)46-26-18-27-47(35-46)63-48-36-50(42-20-10-7-11-21-42)49-28-19-33-60(53(49)37-48)54-34-45(31-32-59-54)58(4,5)6;/h7-18,20-27,29-32,34-37H,19,28,33H2,1-6H3;. The molecule has 10 rings (SSSR count). The maximum atomic E-state index is 7.00. The number of benzene rings is 7. The van der Waals surface area contributed by atoms with Gasteiger partial charge >= 0.3 is 340 Å². The van der Waals surface area contributed by atoms with Crippen LogP contribution in [0.5, 0.6) is 11.5 Å². The second kappa shape index (κ2) is 16.9. The van der Waals surface area contributed by atoms with Crippen LogP contribution in [0.2, 0.25) is 0 Å². The Morgan fingerprint density at radius 1 is 0.578 bits per heavy atom. The van der Waals surface area contributed by atoms with Gasteiger partial charge in [0.05, 0.1) is 0 Å². The third-order valence-electron chi connectivity index (χ3n) is 13.0. The van der Waals surface area contributed by atoms with Gasteiger partial charge in [-0.2, -0.15) is 0 Å². The number of hydrogen-bond donors (Lipinski definition) is 0. The molecule has 0 saturated heterocycles. The van der Waals surface area contributed by atoms with Crippen molar-refractivity contribution in [3.05, 3.63) is 202 Å². The van der Waals surface area contributed by atoms with Crippen LogP contribution in [-0.4, -0.2) is 20.7 Å². The van der Waals surface area contributed by atoms with Gasteiger partial charge in [-0.1, -0.05) is 26.8 Å². The molecule has 2 aromatic heterocycles. The molecule has 7 aromatic carbocycles. The van der Waals surface area contributed by atoms with Crippen molar-refractivity contribution >= 4 is 22.5 Å². The average molecular weight is 1020 g/mol. The summed E-state index contributed by atoms with van der Waals surface area (Å²) in [4.78, 5) is 7.32. The number of hydrogen-bond acceptors (Lipinski definition) is 3. The summed E-state index contributed by atoms with van der Waals surface area (Å²) in [5.41, 5.74) is 19.3. The maximum absolute atomic E-state index is 7.00. The number of pyridine rings is 1. The van der Waals surface area contributed by atoms with Crippen molar-refractivity contribution < 1.29 is 24.1 Å². The third kappa shape index (κ3) is 7.46. The fourth-order valence-corrected chi connectivity index (χ4v) is 10.6. The Labute approximate surface area is 387 Å². The Morgan fingerprint density at radius 3 is 1.80 bits per heavy atom. The van der Waals surface area contributed by atoms with Gasteiger partial charge in [0.1, 0.15) is 0 Å². The predicted octanol–water partition coefficient (Wildman–Crippen LogP) is 15.0. The van der Waals surface area contributed by atoms with Crippen molar-refractivity contribution in [2.24, 2.45) is 0 Å². The molecule has 0 atom stereocenters. The fraction of sp³-hybridized carbons (Fsp3) is 0.172. The van der Waals surface area contributed by atoms with Crippen LogP contribution in [0.3, 0.4) is 0 Å². The van der Waals surface area contributed by atoms with E-state index < -0.39 is 0 Å². The van der Waals surface area contributed by atoms with Gasteiger partial charge in [-0.05, 0) is 17.0 Å². The van der Waals surface area contributed by atoms with E-state index in [9.17, 15) is 0 Å². The van der Waals surface area contributed by atoms with Gasteiger partial charge in [0.2, 0.25) is 0 Å². The quantitative estimate of drug-likeness (QED) is 0.152. The normalized spacial score (nSPS) is 12.7. The molecule has 1 aliphatic rings. The minimum atomic E-state index is 0.00996. The van der Waals surface area contributed by atoms with Gasteiger partial charge in [0, 0.05) is 6.20 Å². The summed E-state index contributed by atoms with van der Waals surface area (Å²) in [7, 11) is 0. The summed E-state index contributed by atoms with van der Waals surface area (Å²) < 4.78 is 12.9. The van der Waals surface area contributed by atoms with E-state index in [1.807, 2.05) is 6.20 Å². The summed E-state index contributed by atoms with van der Waals surface area (Å²) >= 11 is 2.54. The Bertz CT molecular complexity index is 3190. The van der Waals surface area contributed by atoms with Crippen molar-refractivity contribution in [1.82, 2.24) is 14.1 Å². The number of anilines is 2. The minimum absolute atomic E-state index is 0.00996. The molecule has 5 nitrogen and oxygen atoms in total. The molecule has 1 aliphatic heterocycles. The Kier molecular flexibility index (Phi) is 10.9. The number of fused-ring (bicyclic) bond motifs is 2. The number of para-hydroxylation sites is 2. The molecule has 0 spiro atoms. The van der Waals surface area contributed by atoms with Crippen LogP contribution in [0, 0.1) is 24.6 Å². The fourth-order valence-electron chi connectivity index (χ4n) is 9.54. The number of imidazole rings is 1. The zero-order valence-electron chi connectivity index (χ0n) is 37.3. The first kappa shape index (κ1) is 41.5. The van der Waals surface area contributed by atoms with Crippen LogP contribution in [0.4, 0.5) is 11.5 Å². The average Bonchev–Trinajstić information content (AvgIpc) is 3.62. The molecule has 0 unspecified atom stereocenters. The molecule has 3 heterocycles. The summed E-state index contributed by atoms with van der Waals surface area (Å²) in [6.45, 7) is 14.5. The SMILES string of the molecule is Cc1c(C)c(-c2ccccc2)c(-n2[c](=[Pt])n(-c3cccc(Oc4cc(-c5ccccc5)c5c(c4)N(c4cc(C(C)(C)C)ccn4)CCC5)c3)c3ccccc32)c(-c2ccccc2)c1C. The van der Waals surface area contributed by atoms with E-state index in [4.69, 9.17) is 9.72 Å². The van der Waals surface area contributed by atoms with E-state index >= 15 is 0 Å². The van der Waals surface area contributed by atoms with E-state index in [0.717, 1.165) is 62.9 Å². The van der Waals surface area contributed by atoms with Crippen LogP contribution in [-0.2, 0) is 31.2 Å². The molecule has 0 radical (unpaired) electrons. The van der Waals surface area contributed by atoms with E-state index in [1.165, 1.54) is 66.9 Å². The van der Waals surface area contributed by atoms with Crippen LogP contribution in [0.25, 0.3) is 55.8 Å². The first-order valence-corrected chi connectivity index (χ1v) is 23.4. The summed E-state index contributed by atoms with van der Waals surface area (Å²) in [6, 6.07) is 58.6. The molecule has 0 bridgehead atoms. The Hall–Kier alpha value is -6.55. The van der Waals surface area contributed by atoms with Gasteiger partial charge in [-0.15, -0.1) is 0 Å². The topological polar surface area (TPSA) is 35.2 Å². The van der Waals surface area contributed by atoms with Crippen molar-refractivity contribution in [1.29, 1.82) is 0 Å². The van der Waals surface area contributed by atoms with Crippen LogP contribution in [0.1, 0.15) is 55.0 Å². The van der Waals surface area contributed by atoms with Crippen LogP contribution in [0.15, 0.2) is 170 Å². The number of rotatable bonds is 8. The van der Waals surface area contributed by atoms with Crippen molar-refractivity contribution in [3.8, 4) is 56.3 Å². The molecule has 64 heavy (non-hydrogen) atoms. The molecule has 320 valence electrons. The van der Waals surface area contributed by atoms with Crippen LogP contribution < -0.4 is 9.64 Å². The van der Waals surface area contributed by atoms with E-state index in [0.29, 0.717) is 0 Å². The Balaban J connectivity index is 1.14. The second-order valence-corrected chi connectivity index (χ2v) is 19.0. The van der Waals surface area contributed by atoms with Gasteiger partial charge in [0.15, 0.2) is 0 Å². The van der Waals surface area contributed by atoms with Crippen LogP contribution >= 0.6 is 0 Å². The predicted molar refractivity (Wildman–Crippen MR) is 261 cm³/mol. The monoisotopic (exact) mass is 1020 g/mol. The van der Waals surface area contributed by atoms with Gasteiger partial charge in [-0.25, -0.2) is 0 Å². The summed E-state index contributed by atoms with van der Waals surface area (Å²) in [5, 5.41) is 0. The van der Waals surface area contributed by atoms with Gasteiger partial charge in [0.25, 0.3) is 0 Å². The second-order valence-electron chi connectivity index (χ2n) is 17.9. The first-order chi connectivity index (χ1) is 31.1. The van der Waals surface area contributed by atoms with E-state index in [-0.39, 0.29) is 5.41 Å².